The van der Waals surface area contributed by atoms with Gasteiger partial charge in [-0.1, -0.05) is 13.3 Å². The van der Waals surface area contributed by atoms with Gasteiger partial charge in [-0.2, -0.15) is 13.2 Å². The number of ether oxygens (including phenoxy) is 1. The lowest BCUT2D eigenvalue weighted by Crippen LogP contribution is -2.72. The monoisotopic (exact) mass is 351 g/mol. The molecule has 2 rings (SSSR count). The van der Waals surface area contributed by atoms with E-state index < -0.39 is 11.8 Å². The van der Waals surface area contributed by atoms with Crippen molar-refractivity contribution in [1.82, 2.24) is 15.1 Å². The van der Waals surface area contributed by atoms with E-state index >= 15 is 0 Å². The van der Waals surface area contributed by atoms with Crippen molar-refractivity contribution in [2.75, 3.05) is 52.5 Å². The third kappa shape index (κ3) is 4.91. The van der Waals surface area contributed by atoms with Gasteiger partial charge in [-0.15, -0.1) is 0 Å². The van der Waals surface area contributed by atoms with Crippen LogP contribution in [-0.4, -0.2) is 79.9 Å². The number of rotatable bonds is 10. The highest BCUT2D eigenvalue weighted by Crippen LogP contribution is 2.34. The van der Waals surface area contributed by atoms with E-state index in [4.69, 9.17) is 4.74 Å². The van der Waals surface area contributed by atoms with Gasteiger partial charge in [-0.05, 0) is 12.8 Å². The van der Waals surface area contributed by atoms with E-state index in [-0.39, 0.29) is 38.4 Å². The summed E-state index contributed by atoms with van der Waals surface area (Å²) < 4.78 is 45.6. The van der Waals surface area contributed by atoms with E-state index in [1.54, 1.807) is 0 Å². The molecule has 0 aromatic heterocycles. The summed E-state index contributed by atoms with van der Waals surface area (Å²) in [5, 5.41) is 2.86. The van der Waals surface area contributed by atoms with Crippen LogP contribution in [0.5, 0.6) is 0 Å². The summed E-state index contributed by atoms with van der Waals surface area (Å²) in [6.07, 6.45) is -3.39. The normalized spacial score (nSPS) is 21.6. The van der Waals surface area contributed by atoms with Gasteiger partial charge in [0.25, 0.3) is 0 Å². The summed E-state index contributed by atoms with van der Waals surface area (Å²) in [6, 6.07) is 0. The average Bonchev–Trinajstić information content (AvgIpc) is 2.39. The fourth-order valence-corrected chi connectivity index (χ4v) is 3.49. The predicted molar refractivity (Wildman–Crippen MR) is 84.7 cm³/mol. The molecule has 0 aromatic rings. The molecule has 2 aliphatic rings. The molecule has 0 aliphatic carbocycles. The van der Waals surface area contributed by atoms with Crippen LogP contribution in [0.4, 0.5) is 13.2 Å². The molecule has 0 aromatic carbocycles. The molecule has 0 amide bonds. The number of halogens is 3. The highest BCUT2D eigenvalue weighted by atomic mass is 19.4. The first-order valence-corrected chi connectivity index (χ1v) is 8.61. The molecule has 2 fully saturated rings. The first-order valence-electron chi connectivity index (χ1n) is 8.61. The van der Waals surface area contributed by atoms with Gasteiger partial charge in [-0.25, -0.2) is 4.90 Å². The minimum absolute atomic E-state index is 0.0181. The fraction of sp³-hybridized carbons (Fsp3) is 0.938. The van der Waals surface area contributed by atoms with Crippen LogP contribution in [0.15, 0.2) is 0 Å². The molecule has 0 spiro atoms. The molecule has 0 radical (unpaired) electrons. The maximum absolute atomic E-state index is 13.4. The smallest absolute Gasteiger partial charge is 0.379 e. The number of alkyl halides is 3. The summed E-state index contributed by atoms with van der Waals surface area (Å²) in [7, 11) is 0. The Balaban J connectivity index is 1.75. The van der Waals surface area contributed by atoms with Crippen LogP contribution in [0, 0.1) is 5.92 Å². The second-order valence-corrected chi connectivity index (χ2v) is 6.97. The Kier molecular flexibility index (Phi) is 6.64. The van der Waals surface area contributed by atoms with Gasteiger partial charge in [-0.3, -0.25) is 4.79 Å². The molecule has 2 aliphatic heterocycles. The minimum Gasteiger partial charge on any atom is -0.379 e. The number of nitrogens with one attached hydrogen (secondary N) is 1. The Labute approximate surface area is 141 Å². The number of ketones is 1. The quantitative estimate of drug-likeness (QED) is 0.477. The molecular formula is C16H28F3N3O2. The average molecular weight is 351 g/mol. The Morgan fingerprint density at radius 2 is 2.00 bits per heavy atom. The molecule has 5 nitrogen and oxygen atoms in total. The van der Waals surface area contributed by atoms with Crippen LogP contribution in [0.25, 0.3) is 0 Å². The fourth-order valence-electron chi connectivity index (χ4n) is 3.49. The summed E-state index contributed by atoms with van der Waals surface area (Å²) in [5.74, 6) is 0.526. The van der Waals surface area contributed by atoms with E-state index in [0.29, 0.717) is 11.5 Å². The Hall–Kier alpha value is -0.700. The van der Waals surface area contributed by atoms with E-state index in [1.807, 2.05) is 0 Å². The second kappa shape index (κ2) is 8.12. The zero-order chi connectivity index (χ0) is 17.8. The van der Waals surface area contributed by atoms with Crippen molar-refractivity contribution in [3.8, 4) is 0 Å². The lowest BCUT2D eigenvalue weighted by atomic mass is 9.85. The highest BCUT2D eigenvalue weighted by Gasteiger charge is 2.54. The molecule has 1 N–H and O–H groups in total. The number of carbonyl (C=O) groups excluding carboxylic acids is 1. The summed E-state index contributed by atoms with van der Waals surface area (Å²) >= 11 is 0. The maximum Gasteiger partial charge on any atom is 0.460 e. The molecule has 8 heteroatoms. The lowest BCUT2D eigenvalue weighted by Gasteiger charge is -2.50. The van der Waals surface area contributed by atoms with Crippen LogP contribution in [-0.2, 0) is 9.53 Å². The maximum atomic E-state index is 13.4. The molecule has 2 heterocycles. The van der Waals surface area contributed by atoms with Crippen molar-refractivity contribution in [3.05, 3.63) is 0 Å². The van der Waals surface area contributed by atoms with Crippen molar-refractivity contribution < 1.29 is 22.7 Å². The van der Waals surface area contributed by atoms with Gasteiger partial charge in [0.15, 0.2) is 0 Å². The van der Waals surface area contributed by atoms with Crippen LogP contribution < -0.4 is 5.32 Å². The summed E-state index contributed by atoms with van der Waals surface area (Å²) in [4.78, 5) is 14.1. The first kappa shape index (κ1) is 19.6. The lowest BCUT2D eigenvalue weighted by molar-refractivity contribution is -0.285. The van der Waals surface area contributed by atoms with Gasteiger partial charge < -0.3 is 15.0 Å². The van der Waals surface area contributed by atoms with E-state index in [2.05, 4.69) is 17.1 Å². The molecule has 0 bridgehead atoms. The number of carbonyl (C=O) groups is 1. The van der Waals surface area contributed by atoms with E-state index in [1.165, 1.54) is 13.3 Å². The van der Waals surface area contributed by atoms with Gasteiger partial charge in [0, 0.05) is 45.7 Å². The summed E-state index contributed by atoms with van der Waals surface area (Å²) in [6.45, 7) is 6.96. The number of nitrogens with zero attached hydrogens (tertiary/aromatic N) is 2. The largest absolute Gasteiger partial charge is 0.460 e. The van der Waals surface area contributed by atoms with Crippen molar-refractivity contribution in [3.63, 3.8) is 0 Å². The third-order valence-corrected chi connectivity index (χ3v) is 4.99. The Bertz CT molecular complexity index is 421. The number of likely N-dealkylation sites (tertiary alicyclic amines) is 1. The van der Waals surface area contributed by atoms with Gasteiger partial charge >= 0.3 is 6.30 Å². The molecule has 0 unspecified atom stereocenters. The van der Waals surface area contributed by atoms with Crippen molar-refractivity contribution in [1.29, 1.82) is 0 Å². The van der Waals surface area contributed by atoms with Gasteiger partial charge in [0.05, 0.1) is 18.8 Å². The molecular weight excluding hydrogens is 323 g/mol. The highest BCUT2D eigenvalue weighted by molar-refractivity contribution is 5.77. The Morgan fingerprint density at radius 1 is 1.33 bits per heavy atom. The van der Waals surface area contributed by atoms with Crippen LogP contribution in [0.1, 0.15) is 26.7 Å². The van der Waals surface area contributed by atoms with Crippen LogP contribution >= 0.6 is 0 Å². The van der Waals surface area contributed by atoms with Crippen LogP contribution in [0.3, 0.4) is 0 Å². The van der Waals surface area contributed by atoms with Crippen molar-refractivity contribution in [2.24, 2.45) is 5.92 Å². The minimum atomic E-state index is -4.47. The van der Waals surface area contributed by atoms with Crippen molar-refractivity contribution >= 4 is 5.78 Å². The molecule has 24 heavy (non-hydrogen) atoms. The molecule has 2 saturated heterocycles. The Morgan fingerprint density at radius 3 is 2.46 bits per heavy atom. The summed E-state index contributed by atoms with van der Waals surface area (Å²) in [5.41, 5.74) is -1.15. The zero-order valence-corrected chi connectivity index (χ0v) is 14.5. The van der Waals surface area contributed by atoms with E-state index in [9.17, 15) is 18.0 Å². The molecule has 0 atom stereocenters. The van der Waals surface area contributed by atoms with Crippen LogP contribution in [0.2, 0.25) is 0 Å². The standard InChI is InChI=1S/C16H28F3N3O2/c1-3-14-9-21(10-14)4-6-24-7-5-22(16(17,18)19)15(8-13(2)23)11-20-12-15/h14,20H,3-12H2,1-2H3. The predicted octanol–water partition coefficient (Wildman–Crippen LogP) is 1.49. The van der Waals surface area contributed by atoms with E-state index in [0.717, 1.165) is 25.6 Å². The zero-order valence-electron chi connectivity index (χ0n) is 14.5. The molecule has 0 saturated carbocycles. The first-order chi connectivity index (χ1) is 11.3. The number of Topliss-reactive ketones (excluding diaryl/α,β-unsaturated/α-hetero) is 1. The van der Waals surface area contributed by atoms with Crippen molar-refractivity contribution in [2.45, 2.75) is 38.5 Å². The SMILES string of the molecule is CCC1CN(CCOCCN(C(F)(F)F)C2(CC(C)=O)CNC2)C1. The second-order valence-electron chi connectivity index (χ2n) is 6.97. The molecule has 140 valence electrons. The number of hydrogen-bond donors (Lipinski definition) is 1. The van der Waals surface area contributed by atoms with Gasteiger partial charge in [0.1, 0.15) is 5.78 Å². The van der Waals surface area contributed by atoms with Gasteiger partial charge in [0.2, 0.25) is 0 Å². The topological polar surface area (TPSA) is 44.8 Å². The number of hydrogen-bond acceptors (Lipinski definition) is 5. The third-order valence-electron chi connectivity index (χ3n) is 4.99.